The molecule has 0 unspecified atom stereocenters. The van der Waals surface area contributed by atoms with E-state index in [-0.39, 0.29) is 17.6 Å². The average molecular weight is 231 g/mol. The summed E-state index contributed by atoms with van der Waals surface area (Å²) in [6, 6.07) is 0. The highest BCUT2D eigenvalue weighted by Gasteiger charge is 2.00. The Morgan fingerprint density at radius 2 is 1.92 bits per heavy atom. The van der Waals surface area contributed by atoms with Crippen molar-refractivity contribution in [2.24, 2.45) is 0 Å². The van der Waals surface area contributed by atoms with Gasteiger partial charge in [-0.05, 0) is 25.8 Å². The highest BCUT2D eigenvalue weighted by molar-refractivity contribution is 7.53. The molecule has 72 valence electrons. The second-order valence-corrected chi connectivity index (χ2v) is 4.43. The molecule has 0 N–H and O–H groups in total. The Morgan fingerprint density at radius 3 is 2.25 bits per heavy atom. The minimum absolute atomic E-state index is 0.0860. The fourth-order valence-electron chi connectivity index (χ4n) is 0.669. The third kappa shape index (κ3) is 5.18. The van der Waals surface area contributed by atoms with Crippen LogP contribution < -0.4 is 9.79 Å². The lowest BCUT2D eigenvalue weighted by Crippen LogP contribution is -2.15. The van der Waals surface area contributed by atoms with Gasteiger partial charge in [-0.1, -0.05) is 6.08 Å². The predicted molar refractivity (Wildman–Crippen MR) is 46.4 cm³/mol. The van der Waals surface area contributed by atoms with Gasteiger partial charge in [0.15, 0.2) is 0 Å². The van der Waals surface area contributed by atoms with Crippen LogP contribution in [0.3, 0.4) is 0 Å². The van der Waals surface area contributed by atoms with Gasteiger partial charge < -0.3 is 14.4 Å². The van der Waals surface area contributed by atoms with Crippen molar-refractivity contribution in [1.82, 2.24) is 0 Å². The summed E-state index contributed by atoms with van der Waals surface area (Å²) in [5, 5.41) is -0.141. The number of alkyl halides is 2. The van der Waals surface area contributed by atoms with E-state index in [0.717, 1.165) is 0 Å². The Hall–Kier alpha value is 0.470. The lowest BCUT2D eigenvalue weighted by molar-refractivity contribution is -0.310. The summed E-state index contributed by atoms with van der Waals surface area (Å²) in [7, 11) is -4.60. The fraction of sp³-hybridized carbons (Fsp3) is 0.667. The molecular weight excluding hydrogens is 222 g/mol. The van der Waals surface area contributed by atoms with Crippen LogP contribution in [-0.2, 0) is 4.57 Å². The molecule has 0 atom stereocenters. The first-order valence-electron chi connectivity index (χ1n) is 3.36. The molecule has 0 fully saturated rings. The number of halogens is 2. The smallest absolute Gasteiger partial charge is 0.0264 e. The van der Waals surface area contributed by atoms with Gasteiger partial charge in [0.1, 0.15) is 0 Å². The highest BCUT2D eigenvalue weighted by Crippen LogP contribution is 2.38. The van der Waals surface area contributed by atoms with Gasteiger partial charge in [0.25, 0.3) is 0 Å². The summed E-state index contributed by atoms with van der Waals surface area (Å²) >= 11 is 10.6. The summed E-state index contributed by atoms with van der Waals surface area (Å²) in [5.74, 6) is 0.425. The van der Waals surface area contributed by atoms with Gasteiger partial charge >= 0.3 is 0 Å². The lowest BCUT2D eigenvalue weighted by atomic mass is 10.3. The van der Waals surface area contributed by atoms with Crippen LogP contribution in [0.25, 0.3) is 0 Å². The zero-order valence-corrected chi connectivity index (χ0v) is 8.74. The predicted octanol–water partition coefficient (Wildman–Crippen LogP) is 1.04. The van der Waals surface area contributed by atoms with Crippen LogP contribution in [0.4, 0.5) is 0 Å². The standard InChI is InChI=1S/C6H11Cl2O3P/c7-4-1-2-6(3-5-8)12(9,10)11/h2H,1,3-5H2,(H2,9,10,11)/p-2/b6-2-. The Morgan fingerprint density at radius 1 is 1.33 bits per heavy atom. The maximum absolute atomic E-state index is 10.5. The number of allylic oxidation sites excluding steroid dienone is 2. The molecule has 12 heavy (non-hydrogen) atoms. The first-order valence-corrected chi connectivity index (χ1v) is 5.97. The van der Waals surface area contributed by atoms with Crippen molar-refractivity contribution in [2.75, 3.05) is 11.8 Å². The van der Waals surface area contributed by atoms with Crippen LogP contribution in [0.2, 0.25) is 0 Å². The van der Waals surface area contributed by atoms with Crippen molar-refractivity contribution in [3.63, 3.8) is 0 Å². The van der Waals surface area contributed by atoms with Crippen molar-refractivity contribution >= 4 is 30.8 Å². The second-order valence-electron chi connectivity index (χ2n) is 2.11. The van der Waals surface area contributed by atoms with Crippen LogP contribution >= 0.6 is 30.8 Å². The molecule has 0 aliphatic rings. The quantitative estimate of drug-likeness (QED) is 0.524. The summed E-state index contributed by atoms with van der Waals surface area (Å²) in [5.41, 5.74) is 0. The molecule has 0 aromatic rings. The van der Waals surface area contributed by atoms with Gasteiger partial charge in [0, 0.05) is 11.8 Å². The number of hydrogen-bond acceptors (Lipinski definition) is 3. The minimum Gasteiger partial charge on any atom is -0.808 e. The summed E-state index contributed by atoms with van der Waals surface area (Å²) in [6.45, 7) is 0. The highest BCUT2D eigenvalue weighted by atomic mass is 35.5. The van der Waals surface area contributed by atoms with Gasteiger partial charge in [-0.3, -0.25) is 0 Å². The Bertz CT molecular complexity index is 199. The van der Waals surface area contributed by atoms with Crippen LogP contribution in [0.15, 0.2) is 11.4 Å². The summed E-state index contributed by atoms with van der Waals surface area (Å²) in [6.07, 6.45) is 1.79. The molecule has 0 rings (SSSR count). The van der Waals surface area contributed by atoms with E-state index >= 15 is 0 Å². The third-order valence-corrected chi connectivity index (χ3v) is 2.71. The van der Waals surface area contributed by atoms with Crippen molar-refractivity contribution < 1.29 is 14.4 Å². The van der Waals surface area contributed by atoms with Crippen LogP contribution in [-0.4, -0.2) is 11.8 Å². The molecule has 3 nitrogen and oxygen atoms in total. The Labute approximate surface area is 81.5 Å². The van der Waals surface area contributed by atoms with E-state index in [9.17, 15) is 14.4 Å². The third-order valence-electron chi connectivity index (χ3n) is 1.19. The average Bonchev–Trinajstić information content (AvgIpc) is 1.95. The zero-order chi connectivity index (χ0) is 9.61. The Balaban J connectivity index is 4.33. The Kier molecular flexibility index (Phi) is 6.24. The molecule has 0 amide bonds. The summed E-state index contributed by atoms with van der Waals surface area (Å²) in [4.78, 5) is 21.1. The van der Waals surface area contributed by atoms with E-state index in [1.54, 1.807) is 0 Å². The molecule has 0 aliphatic heterocycles. The topological polar surface area (TPSA) is 63.2 Å². The maximum Gasteiger partial charge on any atom is 0.0264 e. The minimum atomic E-state index is -4.60. The van der Waals surface area contributed by atoms with E-state index in [0.29, 0.717) is 12.3 Å². The molecule has 0 aliphatic carbocycles. The largest absolute Gasteiger partial charge is 0.808 e. The van der Waals surface area contributed by atoms with Crippen molar-refractivity contribution in [3.8, 4) is 0 Å². The van der Waals surface area contributed by atoms with E-state index in [4.69, 9.17) is 23.2 Å². The van der Waals surface area contributed by atoms with Gasteiger partial charge in [-0.25, -0.2) is 0 Å². The molecule has 0 saturated carbocycles. The molecule has 0 aromatic carbocycles. The van der Waals surface area contributed by atoms with Gasteiger partial charge in [-0.2, -0.15) is 0 Å². The molecule has 0 bridgehead atoms. The molecule has 0 heterocycles. The monoisotopic (exact) mass is 230 g/mol. The molecule has 0 radical (unpaired) electrons. The molecule has 6 heteroatoms. The van der Waals surface area contributed by atoms with E-state index < -0.39 is 7.60 Å². The number of rotatable bonds is 5. The lowest BCUT2D eigenvalue weighted by Gasteiger charge is -2.32. The van der Waals surface area contributed by atoms with Gasteiger partial charge in [0.05, 0.1) is 0 Å². The zero-order valence-electron chi connectivity index (χ0n) is 6.33. The molecule has 0 saturated heterocycles. The fourth-order valence-corrected chi connectivity index (χ4v) is 1.85. The van der Waals surface area contributed by atoms with E-state index in [1.807, 2.05) is 0 Å². The summed E-state index contributed by atoms with van der Waals surface area (Å²) < 4.78 is 10.5. The second kappa shape index (κ2) is 6.01. The van der Waals surface area contributed by atoms with Crippen molar-refractivity contribution in [3.05, 3.63) is 11.4 Å². The van der Waals surface area contributed by atoms with Crippen molar-refractivity contribution in [1.29, 1.82) is 0 Å². The first kappa shape index (κ1) is 12.5. The van der Waals surface area contributed by atoms with Gasteiger partial charge in [0.2, 0.25) is 0 Å². The SMILES string of the molecule is O=P([O-])([O-])/C(=C\CCCl)CCCl. The van der Waals surface area contributed by atoms with E-state index in [1.165, 1.54) is 6.08 Å². The van der Waals surface area contributed by atoms with Gasteiger partial charge in [-0.15, -0.1) is 23.2 Å². The molecule has 0 aromatic heterocycles. The maximum atomic E-state index is 10.5. The normalized spacial score (nSPS) is 13.5. The molecular formula is C6H9Cl2O3P-2. The van der Waals surface area contributed by atoms with Crippen LogP contribution in [0.5, 0.6) is 0 Å². The van der Waals surface area contributed by atoms with Crippen LogP contribution in [0, 0.1) is 0 Å². The van der Waals surface area contributed by atoms with E-state index in [2.05, 4.69) is 0 Å². The number of hydrogen-bond donors (Lipinski definition) is 0. The molecule has 0 spiro atoms. The van der Waals surface area contributed by atoms with Crippen LogP contribution in [0.1, 0.15) is 12.8 Å². The van der Waals surface area contributed by atoms with Crippen molar-refractivity contribution in [2.45, 2.75) is 12.8 Å². The first-order chi connectivity index (χ1) is 5.52.